The minimum Gasteiger partial charge on any atom is -0.497 e. The summed E-state index contributed by atoms with van der Waals surface area (Å²) < 4.78 is 34.9. The molecule has 5 rings (SSSR count). The van der Waals surface area contributed by atoms with Crippen LogP contribution in [0.4, 0.5) is 4.79 Å². The molecule has 4 fully saturated rings. The number of piperidine rings is 1. The van der Waals surface area contributed by atoms with Crippen molar-refractivity contribution in [3.8, 4) is 5.75 Å². The van der Waals surface area contributed by atoms with Crippen molar-refractivity contribution in [3.05, 3.63) is 42.5 Å². The van der Waals surface area contributed by atoms with Crippen molar-refractivity contribution >= 4 is 39.6 Å². The van der Waals surface area contributed by atoms with Crippen molar-refractivity contribution in [1.82, 2.24) is 30.5 Å². The Hall–Kier alpha value is -3.98. The molecule has 1 aromatic carbocycles. The van der Waals surface area contributed by atoms with Gasteiger partial charge in [0.1, 0.15) is 17.8 Å². The number of benzene rings is 1. The quantitative estimate of drug-likeness (QED) is 0.141. The van der Waals surface area contributed by atoms with Gasteiger partial charge in [0.25, 0.3) is 5.91 Å². The SMILES string of the molecule is C=CCNC(=O)C(=O)C(CCC)NC(=O)[C@@H]1[C@@H]2[C@H](CN1C(=O)[C@@H](NC(=O)N[C@@H]([C@@H]1CCN(Cc3ccc(OC)cc3)S1(=O)=O)C(C)(C)C)C1(C)CCCCC1)C2(C)C. The number of nitrogens with one attached hydrogen (secondary N) is 4. The molecule has 322 valence electrons. The lowest BCUT2D eigenvalue weighted by Gasteiger charge is -2.43. The highest BCUT2D eigenvalue weighted by atomic mass is 32.2. The largest absolute Gasteiger partial charge is 0.497 e. The second-order valence-electron chi connectivity index (χ2n) is 18.8. The number of sulfonamides is 1. The number of rotatable bonds is 16. The molecule has 0 radical (unpaired) electrons. The van der Waals surface area contributed by atoms with Gasteiger partial charge >= 0.3 is 6.03 Å². The van der Waals surface area contributed by atoms with Crippen molar-refractivity contribution in [2.75, 3.05) is 26.7 Å². The van der Waals surface area contributed by atoms with E-state index >= 15 is 4.79 Å². The van der Waals surface area contributed by atoms with Crippen LogP contribution >= 0.6 is 0 Å². The van der Waals surface area contributed by atoms with Gasteiger partial charge in [-0.15, -0.1) is 6.58 Å². The zero-order chi connectivity index (χ0) is 42.8. The molecule has 4 aliphatic rings. The van der Waals surface area contributed by atoms with Crippen LogP contribution in [0.2, 0.25) is 0 Å². The van der Waals surface area contributed by atoms with Gasteiger partial charge in [-0.2, -0.15) is 4.31 Å². The lowest BCUT2D eigenvalue weighted by molar-refractivity contribution is -0.146. The highest BCUT2D eigenvalue weighted by molar-refractivity contribution is 7.90. The lowest BCUT2D eigenvalue weighted by Crippen LogP contribution is -2.64. The second kappa shape index (κ2) is 17.7. The summed E-state index contributed by atoms with van der Waals surface area (Å²) in [7, 11) is -2.26. The van der Waals surface area contributed by atoms with Gasteiger partial charge < -0.3 is 30.9 Å². The number of ketones is 1. The number of carbonyl (C=O) groups excluding carboxylic acids is 5. The van der Waals surface area contributed by atoms with Crippen LogP contribution in [0.3, 0.4) is 0 Å². The lowest BCUT2D eigenvalue weighted by atomic mass is 9.70. The molecule has 1 aromatic rings. The number of likely N-dealkylation sites (tertiary alicyclic amines) is 1. The maximum Gasteiger partial charge on any atom is 0.315 e. The first-order valence-electron chi connectivity index (χ1n) is 20.9. The highest BCUT2D eigenvalue weighted by Crippen LogP contribution is 2.65. The monoisotopic (exact) mass is 826 g/mol. The number of hydrogen-bond acceptors (Lipinski definition) is 8. The molecule has 4 N–H and O–H groups in total. The summed E-state index contributed by atoms with van der Waals surface area (Å²) >= 11 is 0. The molecular formula is C43H66N6O8S. The summed E-state index contributed by atoms with van der Waals surface area (Å²) in [6.45, 7) is 18.2. The van der Waals surface area contributed by atoms with Crippen LogP contribution in [0.5, 0.6) is 5.75 Å². The van der Waals surface area contributed by atoms with Gasteiger partial charge in [0.15, 0.2) is 0 Å². The van der Waals surface area contributed by atoms with E-state index in [1.165, 1.54) is 10.4 Å². The van der Waals surface area contributed by atoms with Gasteiger partial charge in [0.2, 0.25) is 27.6 Å². The fourth-order valence-corrected chi connectivity index (χ4v) is 12.0. The number of Topliss-reactive ketones (excluding diaryl/α,β-unsaturated/α-hetero) is 1. The Bertz CT molecular complexity index is 1820. The Kier molecular flexibility index (Phi) is 13.8. The average Bonchev–Trinajstić information content (AvgIpc) is 3.42. The van der Waals surface area contributed by atoms with Crippen molar-refractivity contribution in [1.29, 1.82) is 0 Å². The van der Waals surface area contributed by atoms with E-state index in [2.05, 4.69) is 41.7 Å². The molecule has 0 aromatic heterocycles. The summed E-state index contributed by atoms with van der Waals surface area (Å²) in [6.07, 6.45) is 6.67. The molecule has 0 bridgehead atoms. The Morgan fingerprint density at radius 1 is 1.00 bits per heavy atom. The fourth-order valence-electron chi connectivity index (χ4n) is 9.75. The average molecular weight is 827 g/mol. The number of ether oxygens (including phenoxy) is 1. The van der Waals surface area contributed by atoms with Crippen molar-refractivity contribution < 1.29 is 37.1 Å². The van der Waals surface area contributed by atoms with Gasteiger partial charge in [-0.3, -0.25) is 19.2 Å². The number of methoxy groups -OCH3 is 1. The Labute approximate surface area is 345 Å². The van der Waals surface area contributed by atoms with E-state index in [4.69, 9.17) is 4.74 Å². The topological polar surface area (TPSA) is 183 Å². The first kappa shape index (κ1) is 45.1. The van der Waals surface area contributed by atoms with Crippen LogP contribution in [0, 0.1) is 28.1 Å². The van der Waals surface area contributed by atoms with E-state index in [9.17, 15) is 27.6 Å². The Balaban J connectivity index is 1.38. The minimum atomic E-state index is -3.83. The summed E-state index contributed by atoms with van der Waals surface area (Å²) in [5, 5.41) is 10.5. The van der Waals surface area contributed by atoms with Gasteiger partial charge in [0.05, 0.1) is 24.4 Å². The van der Waals surface area contributed by atoms with Crippen LogP contribution < -0.4 is 26.0 Å². The van der Waals surface area contributed by atoms with Crippen LogP contribution in [0.1, 0.15) is 105 Å². The smallest absolute Gasteiger partial charge is 0.315 e. The van der Waals surface area contributed by atoms with E-state index in [-0.39, 0.29) is 42.7 Å². The number of carbonyl (C=O) groups is 5. The molecule has 2 heterocycles. The minimum absolute atomic E-state index is 0.0377. The third-order valence-corrected chi connectivity index (χ3v) is 15.6. The number of urea groups is 1. The van der Waals surface area contributed by atoms with Crippen LogP contribution in [-0.4, -0.2) is 103 Å². The van der Waals surface area contributed by atoms with Gasteiger partial charge in [-0.25, -0.2) is 13.2 Å². The van der Waals surface area contributed by atoms with E-state index < -0.39 is 73.9 Å². The molecule has 14 nitrogen and oxygen atoms in total. The standard InChI is InChI=1S/C43H66N6O8S/c1-10-15-30(34(50)38(52)44-23-11-2)45-37(51)33-32-29(42(32,6)7)26-49(33)39(53)36(43(8)21-13-12-14-22-43)47-40(54)46-35(41(3,4)5)31-20-24-48(58(31,55)56)25-27-16-18-28(57-9)19-17-27/h11,16-19,29-33,35-36H,2,10,12-15,20-26H2,1,3-9H3,(H,44,52)(H,45,51)(H2,46,47,54)/t29-,30?,31-,32-,33-,35-,36+/m0/s1. The van der Waals surface area contributed by atoms with Gasteiger partial charge in [-0.05, 0) is 71.5 Å². The van der Waals surface area contributed by atoms with Crippen LogP contribution in [0.25, 0.3) is 0 Å². The molecule has 1 unspecified atom stereocenters. The maximum atomic E-state index is 15.0. The number of nitrogens with zero attached hydrogens (tertiary/aromatic N) is 2. The maximum absolute atomic E-state index is 15.0. The molecule has 5 amide bonds. The van der Waals surface area contributed by atoms with Crippen LogP contribution in [0.15, 0.2) is 36.9 Å². The zero-order valence-corrected chi connectivity index (χ0v) is 36.5. The third kappa shape index (κ3) is 9.40. The molecule has 2 saturated heterocycles. The predicted molar refractivity (Wildman–Crippen MR) is 222 cm³/mol. The number of hydrogen-bond donors (Lipinski definition) is 4. The predicted octanol–water partition coefficient (Wildman–Crippen LogP) is 4.29. The summed E-state index contributed by atoms with van der Waals surface area (Å²) in [4.78, 5) is 70.9. The number of fused-ring (bicyclic) bond motifs is 1. The molecule has 15 heteroatoms. The van der Waals surface area contributed by atoms with E-state index in [0.29, 0.717) is 44.5 Å². The van der Waals surface area contributed by atoms with Crippen molar-refractivity contribution in [2.24, 2.45) is 28.1 Å². The zero-order valence-electron chi connectivity index (χ0n) is 35.7. The fraction of sp³-hybridized carbons (Fsp3) is 0.698. The van der Waals surface area contributed by atoms with Gasteiger partial charge in [-0.1, -0.05) is 92.4 Å². The normalized spacial score (nSPS) is 26.0. The second-order valence-corrected chi connectivity index (χ2v) is 20.9. The molecule has 2 aliphatic heterocycles. The molecular weight excluding hydrogens is 761 g/mol. The summed E-state index contributed by atoms with van der Waals surface area (Å²) in [6, 6.07) is 2.86. The van der Waals surface area contributed by atoms with Crippen LogP contribution in [-0.2, 0) is 35.7 Å². The molecule has 2 aliphatic carbocycles. The Morgan fingerprint density at radius 2 is 1.66 bits per heavy atom. The third-order valence-electron chi connectivity index (χ3n) is 13.3. The van der Waals surface area contributed by atoms with E-state index in [1.807, 2.05) is 46.8 Å². The summed E-state index contributed by atoms with van der Waals surface area (Å²) in [5.41, 5.74) is -0.708. The Morgan fingerprint density at radius 3 is 2.24 bits per heavy atom. The number of amides is 5. The molecule has 0 spiro atoms. The van der Waals surface area contributed by atoms with Crippen molar-refractivity contribution in [2.45, 2.75) is 136 Å². The first-order chi connectivity index (χ1) is 27.2. The van der Waals surface area contributed by atoms with Crippen molar-refractivity contribution in [3.63, 3.8) is 0 Å². The molecule has 7 atom stereocenters. The first-order valence-corrected chi connectivity index (χ1v) is 22.4. The van der Waals surface area contributed by atoms with Gasteiger partial charge in [0, 0.05) is 26.2 Å². The summed E-state index contributed by atoms with van der Waals surface area (Å²) in [5.74, 6) is -1.90. The van der Waals surface area contributed by atoms with E-state index in [1.54, 1.807) is 24.1 Å². The highest BCUT2D eigenvalue weighted by Gasteiger charge is 2.70. The molecule has 2 saturated carbocycles. The van der Waals surface area contributed by atoms with E-state index in [0.717, 1.165) is 24.8 Å². The molecule has 58 heavy (non-hydrogen) atoms.